The van der Waals surface area contributed by atoms with Gasteiger partial charge in [0.1, 0.15) is 5.54 Å². The maximum Gasteiger partial charge on any atom is 0.329 e. The fourth-order valence-electron chi connectivity index (χ4n) is 2.17. The maximum atomic E-state index is 11.8. The van der Waals surface area contributed by atoms with E-state index in [4.69, 9.17) is 0 Å². The van der Waals surface area contributed by atoms with Gasteiger partial charge in [0, 0.05) is 13.6 Å². The van der Waals surface area contributed by atoms with Gasteiger partial charge >= 0.3 is 12.0 Å². The number of hydrogen-bond donors (Lipinski definition) is 2. The summed E-state index contributed by atoms with van der Waals surface area (Å²) in [6.45, 7) is 2.43. The summed E-state index contributed by atoms with van der Waals surface area (Å²) in [5.41, 5.74) is -1.06. The van der Waals surface area contributed by atoms with Gasteiger partial charge in [0.25, 0.3) is 0 Å². The van der Waals surface area contributed by atoms with E-state index in [2.05, 4.69) is 5.32 Å². The largest absolute Gasteiger partial charge is 0.480 e. The number of carboxylic acids is 1. The molecule has 0 bridgehead atoms. The van der Waals surface area contributed by atoms with Crippen molar-refractivity contribution in [3.8, 4) is 0 Å². The highest BCUT2D eigenvalue weighted by Crippen LogP contribution is 2.27. The molecule has 0 aromatic heterocycles. The van der Waals surface area contributed by atoms with Crippen molar-refractivity contribution in [1.82, 2.24) is 10.2 Å². The van der Waals surface area contributed by atoms with Crippen LogP contribution in [-0.4, -0.2) is 41.1 Å². The Labute approximate surface area is 102 Å². The molecule has 98 valence electrons. The van der Waals surface area contributed by atoms with E-state index in [9.17, 15) is 14.7 Å². The summed E-state index contributed by atoms with van der Waals surface area (Å²) < 4.78 is 0. The van der Waals surface area contributed by atoms with E-state index in [1.165, 1.54) is 4.90 Å². The number of amides is 2. The van der Waals surface area contributed by atoms with Crippen LogP contribution in [0.4, 0.5) is 4.79 Å². The molecule has 5 heteroatoms. The molecule has 0 saturated heterocycles. The Hall–Kier alpha value is -1.26. The van der Waals surface area contributed by atoms with Crippen LogP contribution in [0.25, 0.3) is 0 Å². The second kappa shape index (κ2) is 5.89. The minimum absolute atomic E-state index is 0.295. The predicted octanol–water partition coefficient (Wildman–Crippen LogP) is 1.83. The summed E-state index contributed by atoms with van der Waals surface area (Å²) in [6, 6.07) is -0.295. The maximum absolute atomic E-state index is 11.8. The van der Waals surface area contributed by atoms with Gasteiger partial charge in [0.05, 0.1) is 0 Å². The molecule has 1 rings (SSSR count). The molecule has 1 aliphatic rings. The standard InChI is InChI=1S/C12H22N2O3/c1-3-14(2)11(17)13-12(10(15)16)8-6-4-5-7-9-12/h3-9H2,1-2H3,(H,13,17)(H,15,16). The lowest BCUT2D eigenvalue weighted by atomic mass is 9.90. The number of rotatable bonds is 3. The third-order valence-corrected chi connectivity index (χ3v) is 3.53. The van der Waals surface area contributed by atoms with Crippen LogP contribution in [0.15, 0.2) is 0 Å². The Morgan fingerprint density at radius 2 is 1.76 bits per heavy atom. The van der Waals surface area contributed by atoms with Gasteiger partial charge in [-0.15, -0.1) is 0 Å². The number of urea groups is 1. The number of hydrogen-bond acceptors (Lipinski definition) is 2. The van der Waals surface area contributed by atoms with Crippen LogP contribution in [0.3, 0.4) is 0 Å². The van der Waals surface area contributed by atoms with Crippen LogP contribution in [0.1, 0.15) is 45.4 Å². The van der Waals surface area contributed by atoms with Gasteiger partial charge in [-0.2, -0.15) is 0 Å². The summed E-state index contributed by atoms with van der Waals surface area (Å²) in [5.74, 6) is -0.905. The normalized spacial score (nSPS) is 19.2. The number of nitrogens with one attached hydrogen (secondary N) is 1. The lowest BCUT2D eigenvalue weighted by Gasteiger charge is -2.31. The van der Waals surface area contributed by atoms with Crippen molar-refractivity contribution in [2.75, 3.05) is 13.6 Å². The SMILES string of the molecule is CCN(C)C(=O)NC1(C(=O)O)CCCCCC1. The highest BCUT2D eigenvalue weighted by Gasteiger charge is 2.40. The molecule has 0 unspecified atom stereocenters. The second-order valence-corrected chi connectivity index (χ2v) is 4.75. The van der Waals surface area contributed by atoms with Crippen molar-refractivity contribution in [2.24, 2.45) is 0 Å². The van der Waals surface area contributed by atoms with Gasteiger partial charge in [-0.25, -0.2) is 9.59 Å². The van der Waals surface area contributed by atoms with Gasteiger partial charge in [-0.3, -0.25) is 0 Å². The molecule has 1 fully saturated rings. The van der Waals surface area contributed by atoms with E-state index in [0.29, 0.717) is 19.4 Å². The highest BCUT2D eigenvalue weighted by atomic mass is 16.4. The zero-order valence-electron chi connectivity index (χ0n) is 10.7. The number of aliphatic carboxylic acids is 1. The molecule has 17 heavy (non-hydrogen) atoms. The van der Waals surface area contributed by atoms with Gasteiger partial charge in [-0.1, -0.05) is 25.7 Å². The summed E-state index contributed by atoms with van der Waals surface area (Å²) >= 11 is 0. The molecule has 2 N–H and O–H groups in total. The van der Waals surface area contributed by atoms with Crippen LogP contribution in [0, 0.1) is 0 Å². The molecule has 0 atom stereocenters. The second-order valence-electron chi connectivity index (χ2n) is 4.75. The van der Waals surface area contributed by atoms with Crippen molar-refractivity contribution in [1.29, 1.82) is 0 Å². The molecule has 0 heterocycles. The molecule has 5 nitrogen and oxygen atoms in total. The Morgan fingerprint density at radius 1 is 1.24 bits per heavy atom. The predicted molar refractivity (Wildman–Crippen MR) is 64.9 cm³/mol. The minimum atomic E-state index is -1.06. The highest BCUT2D eigenvalue weighted by molar-refractivity contribution is 5.86. The number of carbonyl (C=O) groups is 2. The van der Waals surface area contributed by atoms with Gasteiger partial charge in [0.2, 0.25) is 0 Å². The molecule has 0 aromatic rings. The average molecular weight is 242 g/mol. The van der Waals surface area contributed by atoms with Crippen molar-refractivity contribution in [3.05, 3.63) is 0 Å². The Bertz CT molecular complexity index is 283. The molecular formula is C12H22N2O3. The molecule has 0 aromatic carbocycles. The van der Waals surface area contributed by atoms with Gasteiger partial charge < -0.3 is 15.3 Å². The van der Waals surface area contributed by atoms with Crippen molar-refractivity contribution >= 4 is 12.0 Å². The molecule has 1 aliphatic carbocycles. The fourth-order valence-corrected chi connectivity index (χ4v) is 2.17. The van der Waals surface area contributed by atoms with Crippen LogP contribution in [0.5, 0.6) is 0 Å². The van der Waals surface area contributed by atoms with E-state index in [1.807, 2.05) is 6.92 Å². The number of carboxylic acid groups (broad SMARTS) is 1. The molecule has 2 amide bonds. The monoisotopic (exact) mass is 242 g/mol. The smallest absolute Gasteiger partial charge is 0.329 e. The van der Waals surface area contributed by atoms with Gasteiger partial charge in [-0.05, 0) is 19.8 Å². The van der Waals surface area contributed by atoms with E-state index < -0.39 is 11.5 Å². The summed E-state index contributed by atoms with van der Waals surface area (Å²) in [7, 11) is 1.67. The molecule has 0 spiro atoms. The van der Waals surface area contributed by atoms with Crippen LogP contribution in [-0.2, 0) is 4.79 Å². The van der Waals surface area contributed by atoms with E-state index in [-0.39, 0.29) is 6.03 Å². The summed E-state index contributed by atoms with van der Waals surface area (Å²) in [4.78, 5) is 24.8. The van der Waals surface area contributed by atoms with Crippen LogP contribution in [0.2, 0.25) is 0 Å². The van der Waals surface area contributed by atoms with E-state index in [0.717, 1.165) is 25.7 Å². The fraction of sp³-hybridized carbons (Fsp3) is 0.833. The first-order valence-corrected chi connectivity index (χ1v) is 6.28. The Balaban J connectivity index is 2.77. The summed E-state index contributed by atoms with van der Waals surface area (Å²) in [5, 5.41) is 12.1. The van der Waals surface area contributed by atoms with Gasteiger partial charge in [0.15, 0.2) is 0 Å². The Morgan fingerprint density at radius 3 is 2.18 bits per heavy atom. The average Bonchev–Trinajstić information content (AvgIpc) is 2.54. The minimum Gasteiger partial charge on any atom is -0.480 e. The first kappa shape index (κ1) is 13.8. The first-order valence-electron chi connectivity index (χ1n) is 6.28. The number of carbonyl (C=O) groups excluding carboxylic acids is 1. The van der Waals surface area contributed by atoms with E-state index in [1.54, 1.807) is 7.05 Å². The Kier molecular flexibility index (Phi) is 4.78. The van der Waals surface area contributed by atoms with E-state index >= 15 is 0 Å². The first-order chi connectivity index (χ1) is 8.02. The zero-order valence-corrected chi connectivity index (χ0v) is 10.7. The van der Waals surface area contributed by atoms with Crippen molar-refractivity contribution in [2.45, 2.75) is 51.0 Å². The van der Waals surface area contributed by atoms with Crippen molar-refractivity contribution in [3.63, 3.8) is 0 Å². The van der Waals surface area contributed by atoms with Crippen LogP contribution >= 0.6 is 0 Å². The quantitative estimate of drug-likeness (QED) is 0.742. The topological polar surface area (TPSA) is 69.6 Å². The molecule has 1 saturated carbocycles. The number of nitrogens with zero attached hydrogens (tertiary/aromatic N) is 1. The zero-order chi connectivity index (χ0) is 12.9. The third-order valence-electron chi connectivity index (χ3n) is 3.53. The molecule has 0 radical (unpaired) electrons. The molecule has 0 aliphatic heterocycles. The molecular weight excluding hydrogens is 220 g/mol. The summed E-state index contributed by atoms with van der Waals surface area (Å²) in [6.07, 6.45) is 4.89. The van der Waals surface area contributed by atoms with Crippen LogP contribution < -0.4 is 5.32 Å². The lowest BCUT2D eigenvalue weighted by molar-refractivity contribution is -0.145. The lowest BCUT2D eigenvalue weighted by Crippen LogP contribution is -2.57. The van der Waals surface area contributed by atoms with Crippen molar-refractivity contribution < 1.29 is 14.7 Å². The third kappa shape index (κ3) is 3.35.